The van der Waals surface area contributed by atoms with Gasteiger partial charge >= 0.3 is 0 Å². The topological polar surface area (TPSA) is 72.5 Å². The molecule has 0 unspecified atom stereocenters. The van der Waals surface area contributed by atoms with Crippen LogP contribution in [-0.4, -0.2) is 17.7 Å². The quantitative estimate of drug-likeness (QED) is 0.702. The van der Waals surface area contributed by atoms with Crippen LogP contribution in [0.1, 0.15) is 15.9 Å². The average molecular weight is 383 g/mol. The minimum Gasteiger partial charge on any atom is -0.454 e. The number of carbonyl (C=O) groups excluding carboxylic acids is 1. The normalized spacial score (nSPS) is 11.9. The zero-order chi connectivity index (χ0) is 19.5. The van der Waals surface area contributed by atoms with Crippen LogP contribution >= 0.6 is 0 Å². The Bertz CT molecular complexity index is 1030. The second-order valence-electron chi connectivity index (χ2n) is 6.06. The van der Waals surface area contributed by atoms with Gasteiger partial charge in [-0.1, -0.05) is 6.07 Å². The van der Waals surface area contributed by atoms with Gasteiger partial charge in [0.25, 0.3) is 5.91 Å². The van der Waals surface area contributed by atoms with Crippen LogP contribution in [0.5, 0.6) is 11.5 Å². The minimum atomic E-state index is -0.954. The second kappa shape index (κ2) is 7.51. The number of nitrogens with zero attached hydrogens (tertiary/aromatic N) is 1. The smallest absolute Gasteiger partial charge is 0.253 e. The first-order chi connectivity index (χ1) is 13.6. The lowest BCUT2D eigenvalue weighted by molar-refractivity contribution is 0.0950. The number of halogens is 2. The fraction of sp³-hybridized carbons (Fsp3) is 0.100. The number of pyridine rings is 1. The van der Waals surface area contributed by atoms with Gasteiger partial charge in [-0.15, -0.1) is 0 Å². The Labute approximate surface area is 159 Å². The summed E-state index contributed by atoms with van der Waals surface area (Å²) in [6, 6.07) is 12.1. The molecule has 0 saturated heterocycles. The monoisotopic (exact) mass is 383 g/mol. The third kappa shape index (κ3) is 3.85. The molecule has 6 nitrogen and oxygen atoms in total. The van der Waals surface area contributed by atoms with Gasteiger partial charge in [-0.25, -0.2) is 13.8 Å². The Hall–Kier alpha value is -3.68. The molecule has 1 amide bonds. The van der Waals surface area contributed by atoms with E-state index >= 15 is 0 Å². The first kappa shape index (κ1) is 17.7. The van der Waals surface area contributed by atoms with Crippen molar-refractivity contribution in [3.05, 3.63) is 77.5 Å². The maximum absolute atomic E-state index is 13.2. The summed E-state index contributed by atoms with van der Waals surface area (Å²) in [5, 5.41) is 5.65. The first-order valence-electron chi connectivity index (χ1n) is 8.43. The van der Waals surface area contributed by atoms with Crippen LogP contribution in [0.15, 0.2) is 54.7 Å². The standard InChI is InChI=1S/C20H15F2N3O3/c21-15-4-3-14(8-16(15)22)25-19-6-2-13(10-23-19)20(26)24-9-12-1-5-17-18(7-12)28-11-27-17/h1-8,10H,9,11H2,(H,23,25)(H,24,26). The zero-order valence-electron chi connectivity index (χ0n) is 14.5. The molecule has 1 aliphatic rings. The number of rotatable bonds is 5. The fourth-order valence-electron chi connectivity index (χ4n) is 2.66. The average Bonchev–Trinajstić information content (AvgIpc) is 3.17. The van der Waals surface area contributed by atoms with E-state index < -0.39 is 11.6 Å². The van der Waals surface area contributed by atoms with Gasteiger partial charge < -0.3 is 20.1 Å². The van der Waals surface area contributed by atoms with Crippen LogP contribution in [0, 0.1) is 11.6 Å². The van der Waals surface area contributed by atoms with E-state index in [1.165, 1.54) is 12.3 Å². The maximum Gasteiger partial charge on any atom is 0.253 e. The van der Waals surface area contributed by atoms with E-state index in [2.05, 4.69) is 15.6 Å². The molecule has 0 spiro atoms. The van der Waals surface area contributed by atoms with E-state index in [1.807, 2.05) is 12.1 Å². The van der Waals surface area contributed by atoms with Crippen molar-refractivity contribution >= 4 is 17.4 Å². The van der Waals surface area contributed by atoms with E-state index in [-0.39, 0.29) is 12.7 Å². The Morgan fingerprint density at radius 2 is 1.86 bits per heavy atom. The molecule has 1 aliphatic heterocycles. The molecular weight excluding hydrogens is 368 g/mol. The van der Waals surface area contributed by atoms with Gasteiger partial charge in [0.2, 0.25) is 6.79 Å². The van der Waals surface area contributed by atoms with Crippen molar-refractivity contribution in [2.45, 2.75) is 6.54 Å². The number of benzene rings is 2. The number of ether oxygens (including phenoxy) is 2. The van der Waals surface area contributed by atoms with Crippen molar-refractivity contribution < 1.29 is 23.0 Å². The first-order valence-corrected chi connectivity index (χ1v) is 8.43. The van der Waals surface area contributed by atoms with E-state index in [0.29, 0.717) is 35.1 Å². The maximum atomic E-state index is 13.2. The minimum absolute atomic E-state index is 0.196. The number of anilines is 2. The van der Waals surface area contributed by atoms with Crippen molar-refractivity contribution in [2.75, 3.05) is 12.1 Å². The molecule has 0 atom stereocenters. The Balaban J connectivity index is 1.36. The molecule has 2 aromatic carbocycles. The van der Waals surface area contributed by atoms with Crippen molar-refractivity contribution in [3.63, 3.8) is 0 Å². The number of hydrogen-bond acceptors (Lipinski definition) is 5. The molecular formula is C20H15F2N3O3. The lowest BCUT2D eigenvalue weighted by Crippen LogP contribution is -2.22. The molecule has 3 aromatic rings. The highest BCUT2D eigenvalue weighted by Crippen LogP contribution is 2.32. The molecule has 0 aliphatic carbocycles. The van der Waals surface area contributed by atoms with Crippen molar-refractivity contribution in [3.8, 4) is 11.5 Å². The molecule has 0 bridgehead atoms. The number of fused-ring (bicyclic) bond motifs is 1. The molecule has 8 heteroatoms. The van der Waals surface area contributed by atoms with Gasteiger partial charge in [0.1, 0.15) is 5.82 Å². The van der Waals surface area contributed by atoms with Crippen molar-refractivity contribution in [1.29, 1.82) is 0 Å². The predicted octanol–water partition coefficient (Wildman–Crippen LogP) is 3.76. The summed E-state index contributed by atoms with van der Waals surface area (Å²) in [5.41, 5.74) is 1.60. The summed E-state index contributed by atoms with van der Waals surface area (Å²) < 4.78 is 36.8. The predicted molar refractivity (Wildman–Crippen MR) is 97.6 cm³/mol. The zero-order valence-corrected chi connectivity index (χ0v) is 14.5. The molecule has 0 saturated carbocycles. The Kier molecular flexibility index (Phi) is 4.76. The number of amides is 1. The van der Waals surface area contributed by atoms with E-state index in [4.69, 9.17) is 9.47 Å². The Morgan fingerprint density at radius 1 is 1.00 bits per heavy atom. The molecule has 4 rings (SSSR count). The Morgan fingerprint density at radius 3 is 2.64 bits per heavy atom. The largest absolute Gasteiger partial charge is 0.454 e. The lowest BCUT2D eigenvalue weighted by atomic mass is 10.2. The third-order valence-electron chi connectivity index (χ3n) is 4.11. The highest BCUT2D eigenvalue weighted by molar-refractivity contribution is 5.94. The molecule has 28 heavy (non-hydrogen) atoms. The number of hydrogen-bond donors (Lipinski definition) is 2. The van der Waals surface area contributed by atoms with Crippen LogP contribution in [0.4, 0.5) is 20.3 Å². The summed E-state index contributed by atoms with van der Waals surface area (Å²) in [5.74, 6) is -0.426. The molecule has 142 valence electrons. The highest BCUT2D eigenvalue weighted by atomic mass is 19.2. The van der Waals surface area contributed by atoms with Gasteiger partial charge in [-0.2, -0.15) is 0 Å². The van der Waals surface area contributed by atoms with Gasteiger partial charge in [-0.3, -0.25) is 4.79 Å². The van der Waals surface area contributed by atoms with Crippen molar-refractivity contribution in [2.24, 2.45) is 0 Å². The van der Waals surface area contributed by atoms with Gasteiger partial charge in [-0.05, 0) is 42.0 Å². The van der Waals surface area contributed by atoms with Crippen molar-refractivity contribution in [1.82, 2.24) is 10.3 Å². The third-order valence-corrected chi connectivity index (χ3v) is 4.11. The molecule has 2 N–H and O–H groups in total. The highest BCUT2D eigenvalue weighted by Gasteiger charge is 2.14. The molecule has 0 fully saturated rings. The molecule has 1 aromatic heterocycles. The SMILES string of the molecule is O=C(NCc1ccc2c(c1)OCO2)c1ccc(Nc2ccc(F)c(F)c2)nc1. The van der Waals surface area contributed by atoms with E-state index in [0.717, 1.165) is 17.7 Å². The van der Waals surface area contributed by atoms with Crippen LogP contribution in [0.3, 0.4) is 0 Å². The summed E-state index contributed by atoms with van der Waals surface area (Å²) >= 11 is 0. The summed E-state index contributed by atoms with van der Waals surface area (Å²) in [4.78, 5) is 16.4. The molecule has 0 radical (unpaired) electrons. The van der Waals surface area contributed by atoms with E-state index in [1.54, 1.807) is 18.2 Å². The number of carbonyl (C=O) groups is 1. The lowest BCUT2D eigenvalue weighted by Gasteiger charge is -2.08. The van der Waals surface area contributed by atoms with Crippen LogP contribution in [0.25, 0.3) is 0 Å². The summed E-state index contributed by atoms with van der Waals surface area (Å²) in [6.07, 6.45) is 1.40. The van der Waals surface area contributed by atoms with E-state index in [9.17, 15) is 13.6 Å². The van der Waals surface area contributed by atoms with Gasteiger partial charge in [0, 0.05) is 24.5 Å². The van der Waals surface area contributed by atoms with Crippen LogP contribution < -0.4 is 20.1 Å². The summed E-state index contributed by atoms with van der Waals surface area (Å²) in [6.45, 7) is 0.520. The van der Waals surface area contributed by atoms with Gasteiger partial charge in [0.05, 0.1) is 5.56 Å². The van der Waals surface area contributed by atoms with Crippen LogP contribution in [-0.2, 0) is 6.54 Å². The number of nitrogens with one attached hydrogen (secondary N) is 2. The van der Waals surface area contributed by atoms with Gasteiger partial charge in [0.15, 0.2) is 23.1 Å². The second-order valence-corrected chi connectivity index (χ2v) is 6.06. The number of aromatic nitrogens is 1. The fourth-order valence-corrected chi connectivity index (χ4v) is 2.66. The van der Waals surface area contributed by atoms with Crippen LogP contribution in [0.2, 0.25) is 0 Å². The molecule has 2 heterocycles. The summed E-state index contributed by atoms with van der Waals surface area (Å²) in [7, 11) is 0.